The number of likely N-dealkylation sites (tertiary alicyclic amines) is 1. The lowest BCUT2D eigenvalue weighted by molar-refractivity contribution is -0.130. The summed E-state index contributed by atoms with van der Waals surface area (Å²) in [7, 11) is 0. The van der Waals surface area contributed by atoms with Crippen LogP contribution in [0.15, 0.2) is 30.3 Å². The van der Waals surface area contributed by atoms with Crippen molar-refractivity contribution in [2.45, 2.75) is 24.9 Å². The molecule has 3 N–H and O–H groups in total. The molecule has 7 nitrogen and oxygen atoms in total. The summed E-state index contributed by atoms with van der Waals surface area (Å²) in [5.74, 6) is 0.587. The van der Waals surface area contributed by atoms with Gasteiger partial charge in [-0.25, -0.2) is 4.98 Å². The van der Waals surface area contributed by atoms with E-state index in [9.17, 15) is 15.0 Å². The number of rotatable bonds is 5. The maximum absolute atomic E-state index is 12.6. The summed E-state index contributed by atoms with van der Waals surface area (Å²) in [5, 5.41) is 27.1. The second-order valence-electron chi connectivity index (χ2n) is 7.13. The molecule has 2 heterocycles. The van der Waals surface area contributed by atoms with Crippen molar-refractivity contribution in [3.05, 3.63) is 47.0 Å². The average Bonchev–Trinajstić information content (AvgIpc) is 2.88. The zero-order chi connectivity index (χ0) is 18.3. The van der Waals surface area contributed by atoms with Gasteiger partial charge in [0, 0.05) is 38.0 Å². The molecular formula is C18H21ClN4O3. The summed E-state index contributed by atoms with van der Waals surface area (Å²) in [6, 6.07) is 9.91. The summed E-state index contributed by atoms with van der Waals surface area (Å²) in [5.41, 5.74) is 0.664. The van der Waals surface area contributed by atoms with Crippen LogP contribution in [-0.4, -0.2) is 62.0 Å². The van der Waals surface area contributed by atoms with Crippen molar-refractivity contribution in [3.8, 4) is 0 Å². The Balaban J connectivity index is 1.44. The molecule has 26 heavy (non-hydrogen) atoms. The number of nitrogens with one attached hydrogen (secondary N) is 1. The minimum Gasteiger partial charge on any atom is -0.396 e. The molecule has 2 fully saturated rings. The number of aliphatic hydroxyl groups is 2. The quantitative estimate of drug-likeness (QED) is 0.722. The third kappa shape index (κ3) is 2.80. The number of halogens is 1. The van der Waals surface area contributed by atoms with E-state index >= 15 is 0 Å². The average molecular weight is 377 g/mol. The van der Waals surface area contributed by atoms with E-state index in [-0.39, 0.29) is 36.1 Å². The van der Waals surface area contributed by atoms with Gasteiger partial charge in [0.1, 0.15) is 5.82 Å². The maximum Gasteiger partial charge on any atom is 0.242 e. The molecule has 1 aromatic heterocycles. The van der Waals surface area contributed by atoms with Crippen LogP contribution in [0.5, 0.6) is 0 Å². The van der Waals surface area contributed by atoms with Gasteiger partial charge in [-0.3, -0.25) is 9.89 Å². The molecule has 2 aromatic rings. The second-order valence-corrected chi connectivity index (χ2v) is 7.47. The first kappa shape index (κ1) is 17.5. The molecule has 1 aliphatic heterocycles. The molecule has 1 saturated carbocycles. The van der Waals surface area contributed by atoms with Gasteiger partial charge in [-0.15, -0.1) is 5.10 Å². The van der Waals surface area contributed by atoms with Crippen molar-refractivity contribution in [2.75, 3.05) is 19.7 Å². The highest BCUT2D eigenvalue weighted by Crippen LogP contribution is 2.68. The Hall–Kier alpha value is -1.96. The van der Waals surface area contributed by atoms with Crippen LogP contribution in [0.3, 0.4) is 0 Å². The summed E-state index contributed by atoms with van der Waals surface area (Å²) < 4.78 is 0. The Kier molecular flexibility index (Phi) is 4.46. The molecule has 1 saturated heterocycles. The molecule has 138 valence electrons. The second kappa shape index (κ2) is 6.64. The van der Waals surface area contributed by atoms with Crippen molar-refractivity contribution in [1.29, 1.82) is 0 Å². The number of nitrogens with zero attached hydrogens (tertiary/aromatic N) is 3. The standard InChI is InChI=1S/C18H21ClN4O3/c19-17-20-14(21-22-17)6-7-15(26)23-8-13(25)18(10-23)12(9-24)16(18)11-4-2-1-3-5-11/h1-5,12-13,16,24-25H,6-10H2,(H,20,21,22)/t12-,13+,16-,18-/m1/s1. The molecule has 0 radical (unpaired) electrons. The molecule has 2 aliphatic rings. The first-order chi connectivity index (χ1) is 12.6. The lowest BCUT2D eigenvalue weighted by Gasteiger charge is -2.16. The fourth-order valence-electron chi connectivity index (χ4n) is 4.53. The first-order valence-electron chi connectivity index (χ1n) is 8.74. The van der Waals surface area contributed by atoms with Gasteiger partial charge < -0.3 is 15.1 Å². The van der Waals surface area contributed by atoms with Crippen LogP contribution in [0.25, 0.3) is 0 Å². The molecule has 1 amide bonds. The van der Waals surface area contributed by atoms with Gasteiger partial charge in [0.25, 0.3) is 0 Å². The van der Waals surface area contributed by atoms with Crippen LogP contribution in [0, 0.1) is 11.3 Å². The van der Waals surface area contributed by atoms with Crippen molar-refractivity contribution < 1.29 is 15.0 Å². The largest absolute Gasteiger partial charge is 0.396 e. The molecule has 8 heteroatoms. The van der Waals surface area contributed by atoms with Crippen LogP contribution in [0.2, 0.25) is 5.28 Å². The van der Waals surface area contributed by atoms with Crippen molar-refractivity contribution >= 4 is 17.5 Å². The number of aryl methyl sites for hydroxylation is 1. The van der Waals surface area contributed by atoms with Crippen molar-refractivity contribution in [3.63, 3.8) is 0 Å². The summed E-state index contributed by atoms with van der Waals surface area (Å²) >= 11 is 5.67. The number of aromatic amines is 1. The Morgan fingerprint density at radius 1 is 1.38 bits per heavy atom. The Bertz CT molecular complexity index is 799. The zero-order valence-corrected chi connectivity index (χ0v) is 14.9. The maximum atomic E-state index is 12.6. The predicted molar refractivity (Wildman–Crippen MR) is 94.5 cm³/mol. The van der Waals surface area contributed by atoms with Gasteiger partial charge >= 0.3 is 0 Å². The van der Waals surface area contributed by atoms with E-state index in [1.165, 1.54) is 0 Å². The number of aliphatic hydroxyl groups excluding tert-OH is 2. The molecule has 0 unspecified atom stereocenters. The van der Waals surface area contributed by atoms with Gasteiger partial charge in [0.2, 0.25) is 11.2 Å². The minimum atomic E-state index is -0.631. The highest BCUT2D eigenvalue weighted by Gasteiger charge is 2.71. The Labute approximate surface area is 156 Å². The number of carbonyl (C=O) groups is 1. The molecule has 1 aromatic carbocycles. The third-order valence-electron chi connectivity index (χ3n) is 5.83. The Morgan fingerprint density at radius 2 is 2.15 bits per heavy atom. The van der Waals surface area contributed by atoms with E-state index in [1.54, 1.807) is 4.90 Å². The smallest absolute Gasteiger partial charge is 0.242 e. The highest BCUT2D eigenvalue weighted by atomic mass is 35.5. The lowest BCUT2D eigenvalue weighted by atomic mass is 9.95. The van der Waals surface area contributed by atoms with Gasteiger partial charge in [-0.1, -0.05) is 30.3 Å². The Morgan fingerprint density at radius 3 is 2.81 bits per heavy atom. The van der Waals surface area contributed by atoms with Crippen LogP contribution in [-0.2, 0) is 11.2 Å². The lowest BCUT2D eigenvalue weighted by Crippen LogP contribution is -2.30. The van der Waals surface area contributed by atoms with E-state index < -0.39 is 11.5 Å². The van der Waals surface area contributed by atoms with Crippen molar-refractivity contribution in [2.24, 2.45) is 11.3 Å². The van der Waals surface area contributed by atoms with E-state index in [2.05, 4.69) is 15.2 Å². The van der Waals surface area contributed by atoms with Gasteiger partial charge in [-0.05, 0) is 29.0 Å². The van der Waals surface area contributed by atoms with E-state index in [4.69, 9.17) is 11.6 Å². The van der Waals surface area contributed by atoms with Crippen LogP contribution >= 0.6 is 11.6 Å². The number of aromatic nitrogens is 3. The summed E-state index contributed by atoms with van der Waals surface area (Å²) in [6.07, 6.45) is 0.0613. The number of hydrogen-bond acceptors (Lipinski definition) is 5. The van der Waals surface area contributed by atoms with E-state index in [0.717, 1.165) is 5.56 Å². The normalized spacial score (nSPS) is 30.1. The topological polar surface area (TPSA) is 102 Å². The highest BCUT2D eigenvalue weighted by molar-refractivity contribution is 6.28. The molecule has 4 atom stereocenters. The number of amides is 1. The fourth-order valence-corrected chi connectivity index (χ4v) is 4.67. The van der Waals surface area contributed by atoms with Crippen LogP contribution in [0.4, 0.5) is 0 Å². The number of β-amino-alcohol motifs (C(OH)–C–C–N with tert-alkyl or cyclic N) is 1. The SMILES string of the molecule is O=C(CCc1nc(Cl)n[nH]1)N1C[C@H](O)[C@@]2(C1)[C@H](CO)[C@H]2c1ccccc1. The van der Waals surface area contributed by atoms with Crippen LogP contribution in [0.1, 0.15) is 23.7 Å². The number of benzene rings is 1. The minimum absolute atomic E-state index is 0.00914. The van der Waals surface area contributed by atoms with Gasteiger partial charge in [-0.2, -0.15) is 0 Å². The summed E-state index contributed by atoms with van der Waals surface area (Å²) in [6.45, 7) is 0.778. The predicted octanol–water partition coefficient (Wildman–Crippen LogP) is 0.986. The summed E-state index contributed by atoms with van der Waals surface area (Å²) in [4.78, 5) is 18.3. The third-order valence-corrected chi connectivity index (χ3v) is 6.00. The molecule has 4 rings (SSSR count). The first-order valence-corrected chi connectivity index (χ1v) is 9.12. The van der Waals surface area contributed by atoms with Crippen molar-refractivity contribution in [1.82, 2.24) is 20.1 Å². The van der Waals surface area contributed by atoms with E-state index in [0.29, 0.717) is 25.3 Å². The molecule has 0 bridgehead atoms. The van der Waals surface area contributed by atoms with E-state index in [1.807, 2.05) is 30.3 Å². The number of hydrogen-bond donors (Lipinski definition) is 3. The van der Waals surface area contributed by atoms with Gasteiger partial charge in [0.05, 0.1) is 6.10 Å². The zero-order valence-electron chi connectivity index (χ0n) is 14.2. The number of H-pyrrole nitrogens is 1. The molecule has 1 spiro atoms. The fraction of sp³-hybridized carbons (Fsp3) is 0.500. The monoisotopic (exact) mass is 376 g/mol. The van der Waals surface area contributed by atoms with Crippen LogP contribution < -0.4 is 0 Å². The van der Waals surface area contributed by atoms with Gasteiger partial charge in [0.15, 0.2) is 0 Å². The molecular weight excluding hydrogens is 356 g/mol. The number of carbonyl (C=O) groups excluding carboxylic acids is 1. The molecule has 1 aliphatic carbocycles.